The van der Waals surface area contributed by atoms with Crippen LogP contribution in [0.4, 0.5) is 0 Å². The molecular formula is C17H31NO. The van der Waals surface area contributed by atoms with Crippen LogP contribution in [-0.4, -0.2) is 26.3 Å². The van der Waals surface area contributed by atoms with Crippen LogP contribution in [0, 0.1) is 11.3 Å². The molecule has 1 unspecified atom stereocenters. The van der Waals surface area contributed by atoms with Crippen molar-refractivity contribution in [3.05, 3.63) is 23.8 Å². The van der Waals surface area contributed by atoms with Gasteiger partial charge in [-0.25, -0.2) is 0 Å². The van der Waals surface area contributed by atoms with Crippen molar-refractivity contribution in [2.45, 2.75) is 47.0 Å². The molecular weight excluding hydrogens is 234 g/mol. The fourth-order valence-electron chi connectivity index (χ4n) is 2.62. The van der Waals surface area contributed by atoms with Gasteiger partial charge in [-0.3, -0.25) is 0 Å². The zero-order chi connectivity index (χ0) is 14.3. The molecule has 0 spiro atoms. The van der Waals surface area contributed by atoms with E-state index in [1.807, 2.05) is 0 Å². The van der Waals surface area contributed by atoms with Gasteiger partial charge < -0.3 is 10.1 Å². The van der Waals surface area contributed by atoms with Crippen LogP contribution in [0.3, 0.4) is 0 Å². The molecule has 0 radical (unpaired) electrons. The van der Waals surface area contributed by atoms with E-state index in [9.17, 15) is 0 Å². The van der Waals surface area contributed by atoms with Crippen LogP contribution in [-0.2, 0) is 4.74 Å². The van der Waals surface area contributed by atoms with Crippen LogP contribution in [0.1, 0.15) is 47.0 Å². The molecule has 1 fully saturated rings. The second-order valence-corrected chi connectivity index (χ2v) is 6.28. The van der Waals surface area contributed by atoms with E-state index >= 15 is 0 Å². The average molecular weight is 265 g/mol. The first-order chi connectivity index (χ1) is 9.00. The molecule has 0 aliphatic carbocycles. The zero-order valence-corrected chi connectivity index (χ0v) is 13.2. The molecule has 0 saturated carbocycles. The minimum Gasteiger partial charge on any atom is -0.380 e. The lowest BCUT2D eigenvalue weighted by atomic mass is 9.85. The number of hydrogen-bond acceptors (Lipinski definition) is 2. The van der Waals surface area contributed by atoms with Crippen molar-refractivity contribution in [1.82, 2.24) is 5.32 Å². The summed E-state index contributed by atoms with van der Waals surface area (Å²) in [6, 6.07) is 0. The molecule has 1 rings (SSSR count). The van der Waals surface area contributed by atoms with Gasteiger partial charge in [0.25, 0.3) is 0 Å². The van der Waals surface area contributed by atoms with Crippen LogP contribution >= 0.6 is 0 Å². The molecule has 1 aliphatic rings. The monoisotopic (exact) mass is 265 g/mol. The van der Waals surface area contributed by atoms with Gasteiger partial charge in [0.05, 0.1) is 13.2 Å². The molecule has 0 aromatic carbocycles. The molecule has 0 bridgehead atoms. The summed E-state index contributed by atoms with van der Waals surface area (Å²) in [4.78, 5) is 0. The quantitative estimate of drug-likeness (QED) is 0.503. The Kier molecular flexibility index (Phi) is 6.81. The Hall–Kier alpha value is -0.600. The summed E-state index contributed by atoms with van der Waals surface area (Å²) in [6.07, 6.45) is 5.80. The predicted octanol–water partition coefficient (Wildman–Crippen LogP) is 3.94. The van der Waals surface area contributed by atoms with Crippen molar-refractivity contribution in [2.75, 3.05) is 26.3 Å². The summed E-state index contributed by atoms with van der Waals surface area (Å²) in [7, 11) is 0. The first-order valence-electron chi connectivity index (χ1n) is 7.65. The topological polar surface area (TPSA) is 21.3 Å². The highest BCUT2D eigenvalue weighted by atomic mass is 16.5. The molecule has 1 atom stereocenters. The summed E-state index contributed by atoms with van der Waals surface area (Å²) in [5.41, 5.74) is 3.12. The van der Waals surface area contributed by atoms with Crippen LogP contribution in [0.25, 0.3) is 0 Å². The smallest absolute Gasteiger partial charge is 0.0542 e. The van der Waals surface area contributed by atoms with Crippen molar-refractivity contribution in [3.8, 4) is 0 Å². The molecule has 1 N–H and O–H groups in total. The molecule has 2 nitrogen and oxygen atoms in total. The first kappa shape index (κ1) is 16.5. The van der Waals surface area contributed by atoms with Crippen molar-refractivity contribution >= 4 is 0 Å². The fraction of sp³-hybridized carbons (Fsp3) is 0.765. The highest BCUT2D eigenvalue weighted by Crippen LogP contribution is 2.29. The Balaban J connectivity index is 2.33. The highest BCUT2D eigenvalue weighted by molar-refractivity contribution is 5.20. The van der Waals surface area contributed by atoms with E-state index in [0.717, 1.165) is 38.3 Å². The second kappa shape index (κ2) is 7.86. The van der Waals surface area contributed by atoms with E-state index in [1.165, 1.54) is 18.4 Å². The minimum atomic E-state index is 0.426. The van der Waals surface area contributed by atoms with Crippen LogP contribution in [0.2, 0.25) is 0 Å². The normalized spacial score (nSPS) is 19.9. The third-order valence-corrected chi connectivity index (χ3v) is 4.05. The van der Waals surface area contributed by atoms with Crippen molar-refractivity contribution in [3.63, 3.8) is 0 Å². The van der Waals surface area contributed by atoms with Crippen LogP contribution < -0.4 is 5.32 Å². The van der Waals surface area contributed by atoms with Gasteiger partial charge in [-0.15, -0.1) is 0 Å². The average Bonchev–Trinajstić information content (AvgIpc) is 2.34. The van der Waals surface area contributed by atoms with E-state index in [1.54, 1.807) is 0 Å². The minimum absolute atomic E-state index is 0.426. The Morgan fingerprint density at radius 2 is 2.11 bits per heavy atom. The maximum absolute atomic E-state index is 5.29. The number of ether oxygens (including phenoxy) is 1. The number of hydrogen-bond donors (Lipinski definition) is 1. The SMILES string of the molecule is C=C(C)/C=C(\CC)C(CC)CNCCC1(C)COC1. The maximum Gasteiger partial charge on any atom is 0.0542 e. The third-order valence-electron chi connectivity index (χ3n) is 4.05. The summed E-state index contributed by atoms with van der Waals surface area (Å²) < 4.78 is 5.29. The molecule has 1 saturated heterocycles. The number of nitrogens with one attached hydrogen (secondary N) is 1. The zero-order valence-electron chi connectivity index (χ0n) is 13.2. The van der Waals surface area contributed by atoms with Gasteiger partial charge in [0.15, 0.2) is 0 Å². The summed E-state index contributed by atoms with van der Waals surface area (Å²) in [6.45, 7) is 16.9. The summed E-state index contributed by atoms with van der Waals surface area (Å²) in [5.74, 6) is 0.646. The van der Waals surface area contributed by atoms with Crippen molar-refractivity contribution < 1.29 is 4.74 Å². The van der Waals surface area contributed by atoms with Crippen molar-refractivity contribution in [2.24, 2.45) is 11.3 Å². The van der Waals surface area contributed by atoms with Crippen LogP contribution in [0.5, 0.6) is 0 Å². The first-order valence-corrected chi connectivity index (χ1v) is 7.65. The largest absolute Gasteiger partial charge is 0.380 e. The van der Waals surface area contributed by atoms with E-state index in [2.05, 4.69) is 45.7 Å². The number of allylic oxidation sites excluding steroid dienone is 2. The van der Waals surface area contributed by atoms with E-state index in [4.69, 9.17) is 4.74 Å². The Bertz CT molecular complexity index is 315. The van der Waals surface area contributed by atoms with Gasteiger partial charge in [-0.1, -0.05) is 44.6 Å². The van der Waals surface area contributed by atoms with Gasteiger partial charge in [0.2, 0.25) is 0 Å². The molecule has 19 heavy (non-hydrogen) atoms. The molecule has 110 valence electrons. The van der Waals surface area contributed by atoms with Gasteiger partial charge in [-0.2, -0.15) is 0 Å². The Morgan fingerprint density at radius 1 is 1.42 bits per heavy atom. The lowest BCUT2D eigenvalue weighted by Crippen LogP contribution is -2.42. The number of rotatable bonds is 9. The molecule has 0 amide bonds. The summed E-state index contributed by atoms with van der Waals surface area (Å²) in [5, 5.41) is 3.62. The lowest BCUT2D eigenvalue weighted by Gasteiger charge is -2.38. The van der Waals surface area contributed by atoms with Gasteiger partial charge in [0, 0.05) is 12.0 Å². The Labute approximate surface area is 119 Å². The highest BCUT2D eigenvalue weighted by Gasteiger charge is 2.32. The van der Waals surface area contributed by atoms with E-state index in [-0.39, 0.29) is 0 Å². The second-order valence-electron chi connectivity index (χ2n) is 6.28. The van der Waals surface area contributed by atoms with E-state index < -0.39 is 0 Å². The molecule has 2 heteroatoms. The molecule has 0 aromatic heterocycles. The van der Waals surface area contributed by atoms with Gasteiger partial charge in [-0.05, 0) is 38.6 Å². The molecule has 1 aliphatic heterocycles. The predicted molar refractivity (Wildman–Crippen MR) is 83.4 cm³/mol. The van der Waals surface area contributed by atoms with Gasteiger partial charge in [0.1, 0.15) is 0 Å². The van der Waals surface area contributed by atoms with Crippen molar-refractivity contribution in [1.29, 1.82) is 0 Å². The Morgan fingerprint density at radius 3 is 2.53 bits per heavy atom. The summed E-state index contributed by atoms with van der Waals surface area (Å²) >= 11 is 0. The lowest BCUT2D eigenvalue weighted by molar-refractivity contribution is -0.105. The maximum atomic E-state index is 5.29. The van der Waals surface area contributed by atoms with E-state index in [0.29, 0.717) is 11.3 Å². The third kappa shape index (κ3) is 5.50. The standard InChI is InChI=1S/C17H31NO/c1-6-15(10-14(3)4)16(7-2)11-18-9-8-17(5)12-19-13-17/h10,16,18H,3,6-9,11-13H2,1-2,4-5H3/b15-10+. The fourth-order valence-corrected chi connectivity index (χ4v) is 2.62. The molecule has 0 aromatic rings. The van der Waals surface area contributed by atoms with Crippen LogP contribution in [0.15, 0.2) is 23.8 Å². The van der Waals surface area contributed by atoms with Gasteiger partial charge >= 0.3 is 0 Å². The molecule has 1 heterocycles.